The predicted molar refractivity (Wildman–Crippen MR) is 30.9 cm³/mol. The second kappa shape index (κ2) is 1.29. The van der Waals surface area contributed by atoms with Gasteiger partial charge in [0.15, 0.2) is 0 Å². The normalized spacial score (nSPS) is 44.8. The predicted octanol–water partition coefficient (Wildman–Crippen LogP) is -0.336. The van der Waals surface area contributed by atoms with Crippen molar-refractivity contribution in [3.8, 4) is 0 Å². The minimum atomic E-state index is 0.0485. The van der Waals surface area contributed by atoms with Gasteiger partial charge in [-0.15, -0.1) is 0 Å². The third-order valence-corrected chi connectivity index (χ3v) is 1.92. The SMILES string of the molecule is CC(=O)NC1CC12CO2. The molecule has 2 unspecified atom stereocenters. The monoisotopic (exact) mass is 127 g/mol. The topological polar surface area (TPSA) is 41.6 Å². The Labute approximate surface area is 53.4 Å². The van der Waals surface area contributed by atoms with E-state index in [0.29, 0.717) is 6.04 Å². The molecule has 0 aromatic carbocycles. The molecule has 50 valence electrons. The molecule has 3 nitrogen and oxygen atoms in total. The Morgan fingerprint density at radius 3 is 2.89 bits per heavy atom. The number of rotatable bonds is 1. The molecule has 1 saturated heterocycles. The minimum absolute atomic E-state index is 0.0485. The van der Waals surface area contributed by atoms with Crippen molar-refractivity contribution in [3.63, 3.8) is 0 Å². The molecule has 0 aromatic rings. The van der Waals surface area contributed by atoms with Gasteiger partial charge in [0, 0.05) is 13.3 Å². The second-order valence-electron chi connectivity index (χ2n) is 2.81. The van der Waals surface area contributed by atoms with E-state index in [1.807, 2.05) is 0 Å². The molecule has 9 heavy (non-hydrogen) atoms. The number of hydrogen-bond acceptors (Lipinski definition) is 2. The lowest BCUT2D eigenvalue weighted by Crippen LogP contribution is -2.25. The molecule has 0 radical (unpaired) electrons. The van der Waals surface area contributed by atoms with Crippen LogP contribution in [-0.4, -0.2) is 24.2 Å². The number of epoxide rings is 1. The first-order chi connectivity index (χ1) is 4.23. The summed E-state index contributed by atoms with van der Waals surface area (Å²) < 4.78 is 5.11. The van der Waals surface area contributed by atoms with Gasteiger partial charge < -0.3 is 10.1 Å². The highest BCUT2D eigenvalue weighted by atomic mass is 16.6. The van der Waals surface area contributed by atoms with E-state index in [4.69, 9.17) is 4.74 Å². The zero-order valence-corrected chi connectivity index (χ0v) is 5.31. The van der Waals surface area contributed by atoms with Gasteiger partial charge in [-0.3, -0.25) is 4.79 Å². The summed E-state index contributed by atoms with van der Waals surface area (Å²) in [5.74, 6) is 0.0485. The molecule has 3 heteroatoms. The Balaban J connectivity index is 1.84. The molecule has 2 aliphatic rings. The van der Waals surface area contributed by atoms with Gasteiger partial charge in [-0.25, -0.2) is 0 Å². The first kappa shape index (κ1) is 5.23. The minimum Gasteiger partial charge on any atom is -0.367 e. The number of hydrogen-bond donors (Lipinski definition) is 1. The number of carbonyl (C=O) groups is 1. The van der Waals surface area contributed by atoms with Crippen molar-refractivity contribution in [1.82, 2.24) is 5.32 Å². The van der Waals surface area contributed by atoms with Gasteiger partial charge in [-0.2, -0.15) is 0 Å². The van der Waals surface area contributed by atoms with Gasteiger partial charge >= 0.3 is 0 Å². The maximum Gasteiger partial charge on any atom is 0.217 e. The van der Waals surface area contributed by atoms with Crippen LogP contribution in [0.5, 0.6) is 0 Å². The molecule has 1 saturated carbocycles. The summed E-state index contributed by atoms with van der Waals surface area (Å²) in [7, 11) is 0. The van der Waals surface area contributed by atoms with Crippen LogP contribution in [0, 0.1) is 0 Å². The highest BCUT2D eigenvalue weighted by Crippen LogP contribution is 2.50. The van der Waals surface area contributed by atoms with Crippen LogP contribution in [-0.2, 0) is 9.53 Å². The van der Waals surface area contributed by atoms with Crippen LogP contribution in [0.4, 0.5) is 0 Å². The standard InChI is InChI=1S/C6H9NO2/c1-4(8)7-5-2-6(5)3-9-6/h5H,2-3H2,1H3,(H,7,8). The molecule has 2 atom stereocenters. The number of amides is 1. The summed E-state index contributed by atoms with van der Waals surface area (Å²) in [4.78, 5) is 10.4. The van der Waals surface area contributed by atoms with Crippen molar-refractivity contribution in [2.24, 2.45) is 0 Å². The molecule has 1 N–H and O–H groups in total. The van der Waals surface area contributed by atoms with E-state index < -0.39 is 0 Å². The fourth-order valence-electron chi connectivity index (χ4n) is 1.13. The quantitative estimate of drug-likeness (QED) is 0.490. The highest BCUT2D eigenvalue weighted by Gasteiger charge is 2.66. The summed E-state index contributed by atoms with van der Waals surface area (Å²) in [5.41, 5.74) is 0.117. The Morgan fingerprint density at radius 2 is 2.56 bits per heavy atom. The van der Waals surface area contributed by atoms with Gasteiger partial charge in [-0.1, -0.05) is 0 Å². The fraction of sp³-hybridized carbons (Fsp3) is 0.833. The average molecular weight is 127 g/mol. The highest BCUT2D eigenvalue weighted by molar-refractivity contribution is 5.74. The molecule has 0 aromatic heterocycles. The van der Waals surface area contributed by atoms with Crippen molar-refractivity contribution in [2.75, 3.05) is 6.61 Å². The molecule has 1 amide bonds. The molecular formula is C6H9NO2. The van der Waals surface area contributed by atoms with Crippen molar-refractivity contribution in [3.05, 3.63) is 0 Å². The van der Waals surface area contributed by atoms with Gasteiger partial charge in [0.1, 0.15) is 5.60 Å². The number of nitrogens with one attached hydrogen (secondary N) is 1. The number of ether oxygens (including phenoxy) is 1. The van der Waals surface area contributed by atoms with Crippen molar-refractivity contribution < 1.29 is 9.53 Å². The Hall–Kier alpha value is -0.570. The van der Waals surface area contributed by atoms with Crippen LogP contribution < -0.4 is 5.32 Å². The largest absolute Gasteiger partial charge is 0.367 e. The van der Waals surface area contributed by atoms with Crippen molar-refractivity contribution >= 4 is 5.91 Å². The summed E-state index contributed by atoms with van der Waals surface area (Å²) >= 11 is 0. The van der Waals surface area contributed by atoms with Crippen molar-refractivity contribution in [2.45, 2.75) is 25.0 Å². The zero-order valence-electron chi connectivity index (χ0n) is 5.31. The van der Waals surface area contributed by atoms with E-state index in [2.05, 4.69) is 5.32 Å². The number of carbonyl (C=O) groups excluding carboxylic acids is 1. The van der Waals surface area contributed by atoms with Crippen LogP contribution in [0.3, 0.4) is 0 Å². The maximum absolute atomic E-state index is 10.4. The molecule has 1 aliphatic carbocycles. The molecular weight excluding hydrogens is 118 g/mol. The molecule has 1 heterocycles. The fourth-order valence-corrected chi connectivity index (χ4v) is 1.13. The lowest BCUT2D eigenvalue weighted by atomic mass is 10.4. The molecule has 2 rings (SSSR count). The van der Waals surface area contributed by atoms with Crippen LogP contribution in [0.2, 0.25) is 0 Å². The van der Waals surface area contributed by atoms with Gasteiger partial charge in [0.25, 0.3) is 0 Å². The maximum atomic E-state index is 10.4. The van der Waals surface area contributed by atoms with Gasteiger partial charge in [0.2, 0.25) is 5.91 Å². The Morgan fingerprint density at radius 1 is 1.89 bits per heavy atom. The third-order valence-electron chi connectivity index (χ3n) is 1.92. The van der Waals surface area contributed by atoms with E-state index >= 15 is 0 Å². The van der Waals surface area contributed by atoms with Crippen LogP contribution in [0.25, 0.3) is 0 Å². The Kier molecular flexibility index (Phi) is 0.750. The van der Waals surface area contributed by atoms with E-state index in [-0.39, 0.29) is 11.5 Å². The Bertz CT molecular complexity index is 162. The second-order valence-corrected chi connectivity index (χ2v) is 2.81. The van der Waals surface area contributed by atoms with E-state index in [0.717, 1.165) is 13.0 Å². The first-order valence-corrected chi connectivity index (χ1v) is 3.14. The molecule has 2 fully saturated rings. The van der Waals surface area contributed by atoms with E-state index in [9.17, 15) is 4.79 Å². The van der Waals surface area contributed by atoms with Gasteiger partial charge in [-0.05, 0) is 0 Å². The van der Waals surface area contributed by atoms with E-state index in [1.54, 1.807) is 0 Å². The molecule has 1 aliphatic heterocycles. The van der Waals surface area contributed by atoms with Crippen LogP contribution >= 0.6 is 0 Å². The summed E-state index contributed by atoms with van der Waals surface area (Å²) in [5, 5.41) is 2.81. The average Bonchev–Trinajstić information content (AvgIpc) is 2.54. The summed E-state index contributed by atoms with van der Waals surface area (Å²) in [6.45, 7) is 2.38. The lowest BCUT2D eigenvalue weighted by Gasteiger charge is -1.94. The smallest absolute Gasteiger partial charge is 0.217 e. The van der Waals surface area contributed by atoms with Crippen LogP contribution in [0.1, 0.15) is 13.3 Å². The molecule has 1 spiro atoms. The summed E-state index contributed by atoms with van der Waals surface area (Å²) in [6, 6.07) is 0.329. The summed E-state index contributed by atoms with van der Waals surface area (Å²) in [6.07, 6.45) is 1.02. The van der Waals surface area contributed by atoms with Crippen LogP contribution in [0.15, 0.2) is 0 Å². The zero-order chi connectivity index (χ0) is 6.48. The van der Waals surface area contributed by atoms with Gasteiger partial charge in [0.05, 0.1) is 12.6 Å². The third kappa shape index (κ3) is 0.721. The lowest BCUT2D eigenvalue weighted by molar-refractivity contribution is -0.119. The van der Waals surface area contributed by atoms with E-state index in [1.165, 1.54) is 6.92 Å². The first-order valence-electron chi connectivity index (χ1n) is 3.14. The van der Waals surface area contributed by atoms with Crippen molar-refractivity contribution in [1.29, 1.82) is 0 Å². The molecule has 0 bridgehead atoms.